The van der Waals surface area contributed by atoms with E-state index in [-0.39, 0.29) is 5.84 Å². The van der Waals surface area contributed by atoms with Crippen LogP contribution in [0.2, 0.25) is 0 Å². The van der Waals surface area contributed by atoms with E-state index in [2.05, 4.69) is 0 Å². The van der Waals surface area contributed by atoms with Crippen LogP contribution in [-0.2, 0) is 0 Å². The zero-order valence-corrected chi connectivity index (χ0v) is 12.3. The summed E-state index contributed by atoms with van der Waals surface area (Å²) < 4.78 is 11.4. The number of nitrogen functional groups attached to an aromatic ring is 1. The minimum atomic E-state index is 0.0696. The molecule has 0 aliphatic rings. The van der Waals surface area contributed by atoms with Crippen LogP contribution in [0.1, 0.15) is 16.7 Å². The predicted molar refractivity (Wildman–Crippen MR) is 84.4 cm³/mol. The van der Waals surface area contributed by atoms with E-state index in [9.17, 15) is 0 Å². The van der Waals surface area contributed by atoms with Gasteiger partial charge in [-0.1, -0.05) is 18.2 Å². The molecule has 0 bridgehead atoms. The number of rotatable bonds is 6. The van der Waals surface area contributed by atoms with E-state index in [1.807, 2.05) is 56.3 Å². The van der Waals surface area contributed by atoms with Crippen molar-refractivity contribution in [3.05, 3.63) is 59.2 Å². The number of nitrogens with one attached hydrogen (secondary N) is 1. The van der Waals surface area contributed by atoms with Crippen LogP contribution in [0.3, 0.4) is 0 Å². The Bertz CT molecular complexity index is 601. The van der Waals surface area contributed by atoms with Crippen LogP contribution >= 0.6 is 0 Å². The SMILES string of the molecule is Cc1cc(C(=N)N)cc(C)c1OCCOc1ccccc1. The predicted octanol–water partition coefficient (Wildman–Crippen LogP) is 3.05. The first-order valence-corrected chi connectivity index (χ1v) is 6.84. The molecule has 4 nitrogen and oxygen atoms in total. The number of para-hydroxylation sites is 1. The van der Waals surface area contributed by atoms with Gasteiger partial charge in [0, 0.05) is 5.56 Å². The molecule has 0 aromatic heterocycles. The number of aryl methyl sites for hydroxylation is 2. The molecule has 110 valence electrons. The van der Waals surface area contributed by atoms with Crippen LogP contribution in [0.15, 0.2) is 42.5 Å². The fourth-order valence-corrected chi connectivity index (χ4v) is 2.15. The third-order valence-electron chi connectivity index (χ3n) is 3.11. The lowest BCUT2D eigenvalue weighted by Crippen LogP contribution is -2.13. The van der Waals surface area contributed by atoms with Crippen molar-refractivity contribution in [3.63, 3.8) is 0 Å². The summed E-state index contributed by atoms with van der Waals surface area (Å²) in [5.41, 5.74) is 8.17. The maximum Gasteiger partial charge on any atom is 0.125 e. The standard InChI is InChI=1S/C17H20N2O2/c1-12-10-14(17(18)19)11-13(2)16(12)21-9-8-20-15-6-4-3-5-7-15/h3-7,10-11H,8-9H2,1-2H3,(H3,18,19). The highest BCUT2D eigenvalue weighted by atomic mass is 16.5. The van der Waals surface area contributed by atoms with E-state index in [0.29, 0.717) is 13.2 Å². The second kappa shape index (κ2) is 6.79. The van der Waals surface area contributed by atoms with Crippen LogP contribution in [0.4, 0.5) is 0 Å². The van der Waals surface area contributed by atoms with Crippen molar-refractivity contribution < 1.29 is 9.47 Å². The summed E-state index contributed by atoms with van der Waals surface area (Å²) in [5, 5.41) is 7.48. The highest BCUT2D eigenvalue weighted by Crippen LogP contribution is 2.24. The average Bonchev–Trinajstić information content (AvgIpc) is 2.46. The smallest absolute Gasteiger partial charge is 0.125 e. The molecule has 3 N–H and O–H groups in total. The van der Waals surface area contributed by atoms with Crippen molar-refractivity contribution >= 4 is 5.84 Å². The van der Waals surface area contributed by atoms with Gasteiger partial charge in [-0.15, -0.1) is 0 Å². The van der Waals surface area contributed by atoms with Gasteiger partial charge in [0.1, 0.15) is 30.5 Å². The molecular weight excluding hydrogens is 264 g/mol. The van der Waals surface area contributed by atoms with Gasteiger partial charge in [-0.25, -0.2) is 0 Å². The van der Waals surface area contributed by atoms with Gasteiger partial charge in [0.25, 0.3) is 0 Å². The minimum absolute atomic E-state index is 0.0696. The maximum atomic E-state index is 7.48. The van der Waals surface area contributed by atoms with Crippen molar-refractivity contribution in [3.8, 4) is 11.5 Å². The quantitative estimate of drug-likeness (QED) is 0.486. The van der Waals surface area contributed by atoms with Gasteiger partial charge in [0.05, 0.1) is 0 Å². The first kappa shape index (κ1) is 14.9. The summed E-state index contributed by atoms with van der Waals surface area (Å²) in [4.78, 5) is 0. The highest BCUT2D eigenvalue weighted by Gasteiger charge is 2.08. The first-order chi connectivity index (χ1) is 10.1. The van der Waals surface area contributed by atoms with Crippen LogP contribution in [0.25, 0.3) is 0 Å². The molecule has 2 rings (SSSR count). The Morgan fingerprint density at radius 2 is 1.57 bits per heavy atom. The average molecular weight is 284 g/mol. The third-order valence-corrected chi connectivity index (χ3v) is 3.11. The van der Waals surface area contributed by atoms with Crippen molar-refractivity contribution in [1.29, 1.82) is 5.41 Å². The van der Waals surface area contributed by atoms with Gasteiger partial charge >= 0.3 is 0 Å². The van der Waals surface area contributed by atoms with E-state index >= 15 is 0 Å². The van der Waals surface area contributed by atoms with Crippen LogP contribution in [0.5, 0.6) is 11.5 Å². The molecular formula is C17H20N2O2. The van der Waals surface area contributed by atoms with Gasteiger partial charge in [-0.2, -0.15) is 0 Å². The molecule has 0 saturated heterocycles. The number of ether oxygens (including phenoxy) is 2. The molecule has 0 aliphatic heterocycles. The maximum absolute atomic E-state index is 7.48. The van der Waals surface area contributed by atoms with Gasteiger partial charge in [-0.3, -0.25) is 5.41 Å². The minimum Gasteiger partial charge on any atom is -0.490 e. The zero-order valence-electron chi connectivity index (χ0n) is 12.3. The summed E-state index contributed by atoms with van der Waals surface area (Å²) in [6.07, 6.45) is 0. The second-order valence-corrected chi connectivity index (χ2v) is 4.86. The van der Waals surface area contributed by atoms with E-state index in [0.717, 1.165) is 28.2 Å². The molecule has 2 aromatic carbocycles. The van der Waals surface area contributed by atoms with E-state index in [1.165, 1.54) is 0 Å². The van der Waals surface area contributed by atoms with Crippen molar-refractivity contribution in [2.75, 3.05) is 13.2 Å². The highest BCUT2D eigenvalue weighted by molar-refractivity contribution is 5.95. The number of hydrogen-bond acceptors (Lipinski definition) is 3. The number of benzene rings is 2. The Hall–Kier alpha value is -2.49. The van der Waals surface area contributed by atoms with Gasteiger partial charge in [-0.05, 0) is 49.2 Å². The van der Waals surface area contributed by atoms with Crippen LogP contribution in [-0.4, -0.2) is 19.0 Å². The summed E-state index contributed by atoms with van der Waals surface area (Å²) >= 11 is 0. The lowest BCUT2D eigenvalue weighted by molar-refractivity contribution is 0.215. The van der Waals surface area contributed by atoms with Gasteiger partial charge in [0.15, 0.2) is 0 Å². The fraction of sp³-hybridized carbons (Fsp3) is 0.235. The lowest BCUT2D eigenvalue weighted by atomic mass is 10.1. The summed E-state index contributed by atoms with van der Waals surface area (Å²) in [6, 6.07) is 13.4. The molecule has 0 heterocycles. The molecule has 0 unspecified atom stereocenters. The van der Waals surface area contributed by atoms with Crippen molar-refractivity contribution in [1.82, 2.24) is 0 Å². The molecule has 0 fully saturated rings. The Morgan fingerprint density at radius 3 is 2.14 bits per heavy atom. The molecule has 0 radical (unpaired) electrons. The normalized spacial score (nSPS) is 10.2. The molecule has 0 atom stereocenters. The molecule has 2 aromatic rings. The van der Waals surface area contributed by atoms with Gasteiger partial charge < -0.3 is 15.2 Å². The van der Waals surface area contributed by atoms with Crippen molar-refractivity contribution in [2.24, 2.45) is 5.73 Å². The third kappa shape index (κ3) is 3.99. The Balaban J connectivity index is 1.93. The van der Waals surface area contributed by atoms with Crippen LogP contribution < -0.4 is 15.2 Å². The molecule has 0 amide bonds. The van der Waals surface area contributed by atoms with E-state index < -0.39 is 0 Å². The Morgan fingerprint density at radius 1 is 1.00 bits per heavy atom. The van der Waals surface area contributed by atoms with E-state index in [4.69, 9.17) is 20.6 Å². The van der Waals surface area contributed by atoms with Crippen LogP contribution in [0, 0.1) is 19.3 Å². The first-order valence-electron chi connectivity index (χ1n) is 6.84. The summed E-state index contributed by atoms with van der Waals surface area (Å²) in [5.74, 6) is 1.73. The lowest BCUT2D eigenvalue weighted by Gasteiger charge is -2.14. The molecule has 21 heavy (non-hydrogen) atoms. The number of nitrogens with two attached hydrogens (primary N) is 1. The van der Waals surface area contributed by atoms with E-state index in [1.54, 1.807) is 0 Å². The monoisotopic (exact) mass is 284 g/mol. The van der Waals surface area contributed by atoms with Crippen molar-refractivity contribution in [2.45, 2.75) is 13.8 Å². The summed E-state index contributed by atoms with van der Waals surface area (Å²) in [6.45, 7) is 4.85. The molecule has 0 saturated carbocycles. The Kier molecular flexibility index (Phi) is 4.82. The number of hydrogen-bond donors (Lipinski definition) is 2. The zero-order chi connectivity index (χ0) is 15.2. The topological polar surface area (TPSA) is 68.3 Å². The Labute approximate surface area is 125 Å². The second-order valence-electron chi connectivity index (χ2n) is 4.86. The molecule has 4 heteroatoms. The van der Waals surface area contributed by atoms with Gasteiger partial charge in [0.2, 0.25) is 0 Å². The number of amidine groups is 1. The largest absolute Gasteiger partial charge is 0.490 e. The fourth-order valence-electron chi connectivity index (χ4n) is 2.15. The summed E-state index contributed by atoms with van der Waals surface area (Å²) in [7, 11) is 0. The molecule has 0 aliphatic carbocycles. The molecule has 0 spiro atoms.